The zero-order valence-electron chi connectivity index (χ0n) is 9.92. The molecule has 6 heteroatoms. The van der Waals surface area contributed by atoms with Gasteiger partial charge in [-0.2, -0.15) is 4.98 Å². The molecule has 17 heavy (non-hydrogen) atoms. The number of pyridine rings is 1. The van der Waals surface area contributed by atoms with Crippen LogP contribution in [0.4, 0.5) is 11.6 Å². The van der Waals surface area contributed by atoms with Gasteiger partial charge in [0.2, 0.25) is 0 Å². The molecule has 0 saturated heterocycles. The first-order chi connectivity index (χ1) is 8.26. The largest absolute Gasteiger partial charge is 0.397 e. The predicted molar refractivity (Wildman–Crippen MR) is 65.5 cm³/mol. The van der Waals surface area contributed by atoms with Crippen LogP contribution < -0.4 is 10.6 Å². The molecule has 2 heterocycles. The lowest BCUT2D eigenvalue weighted by Gasteiger charge is -2.14. The third-order valence-corrected chi connectivity index (χ3v) is 2.54. The van der Waals surface area contributed by atoms with Gasteiger partial charge < -0.3 is 15.2 Å². The predicted octanol–water partition coefficient (Wildman–Crippen LogP) is 1.56. The van der Waals surface area contributed by atoms with Gasteiger partial charge >= 0.3 is 0 Å². The molecule has 0 bridgehead atoms. The SMILES string of the molecule is CCN(CC)c1noc(-c2ccncc2N)n1. The lowest BCUT2D eigenvalue weighted by Crippen LogP contribution is -2.22. The molecular formula is C11H15N5O. The highest BCUT2D eigenvalue weighted by Crippen LogP contribution is 2.24. The van der Waals surface area contributed by atoms with Crippen LogP contribution in [-0.2, 0) is 0 Å². The second-order valence-electron chi connectivity index (χ2n) is 3.53. The quantitative estimate of drug-likeness (QED) is 0.863. The lowest BCUT2D eigenvalue weighted by molar-refractivity contribution is 0.429. The minimum atomic E-state index is 0.423. The molecule has 0 radical (unpaired) electrons. The Hall–Kier alpha value is -2.11. The van der Waals surface area contributed by atoms with Gasteiger partial charge in [0.25, 0.3) is 11.8 Å². The van der Waals surface area contributed by atoms with Crippen molar-refractivity contribution in [3.8, 4) is 11.5 Å². The first-order valence-corrected chi connectivity index (χ1v) is 5.54. The molecule has 0 fully saturated rings. The van der Waals surface area contributed by atoms with Crippen LogP contribution in [0.5, 0.6) is 0 Å². The monoisotopic (exact) mass is 233 g/mol. The van der Waals surface area contributed by atoms with Gasteiger partial charge in [-0.15, -0.1) is 0 Å². The van der Waals surface area contributed by atoms with Crippen molar-refractivity contribution >= 4 is 11.6 Å². The summed E-state index contributed by atoms with van der Waals surface area (Å²) in [6.45, 7) is 5.75. The van der Waals surface area contributed by atoms with Crippen molar-refractivity contribution in [2.75, 3.05) is 23.7 Å². The van der Waals surface area contributed by atoms with E-state index in [1.807, 2.05) is 18.7 Å². The Labute approximate surface area is 99.5 Å². The van der Waals surface area contributed by atoms with Crippen LogP contribution in [0.2, 0.25) is 0 Å². The van der Waals surface area contributed by atoms with Crippen LogP contribution in [0.25, 0.3) is 11.5 Å². The molecule has 0 spiro atoms. The van der Waals surface area contributed by atoms with Crippen LogP contribution in [0, 0.1) is 0 Å². The molecule has 2 rings (SSSR count). The molecule has 0 aliphatic rings. The first kappa shape index (κ1) is 11.4. The minimum Gasteiger partial charge on any atom is -0.397 e. The zero-order chi connectivity index (χ0) is 12.3. The number of rotatable bonds is 4. The Bertz CT molecular complexity index is 492. The Morgan fingerprint density at radius 2 is 2.12 bits per heavy atom. The second kappa shape index (κ2) is 4.82. The number of nitrogens with two attached hydrogens (primary N) is 1. The van der Waals surface area contributed by atoms with Crippen molar-refractivity contribution in [1.82, 2.24) is 15.1 Å². The van der Waals surface area contributed by atoms with Gasteiger partial charge in [-0.25, -0.2) is 0 Å². The van der Waals surface area contributed by atoms with Crippen molar-refractivity contribution in [3.63, 3.8) is 0 Å². The summed E-state index contributed by atoms with van der Waals surface area (Å²) in [5.41, 5.74) is 7.04. The van der Waals surface area contributed by atoms with Crippen molar-refractivity contribution in [2.45, 2.75) is 13.8 Å². The standard InChI is InChI=1S/C11H15N5O/c1-3-16(4-2)11-14-10(17-15-11)8-5-6-13-7-9(8)12/h5-7H,3-4,12H2,1-2H3. The molecule has 0 aliphatic carbocycles. The van der Waals surface area contributed by atoms with Gasteiger partial charge in [-0.1, -0.05) is 0 Å². The number of hydrogen-bond acceptors (Lipinski definition) is 6. The fraction of sp³-hybridized carbons (Fsp3) is 0.364. The van der Waals surface area contributed by atoms with Gasteiger partial charge in [0.15, 0.2) is 0 Å². The van der Waals surface area contributed by atoms with E-state index in [4.69, 9.17) is 10.3 Å². The molecule has 0 atom stereocenters. The summed E-state index contributed by atoms with van der Waals surface area (Å²) < 4.78 is 5.21. The maximum Gasteiger partial charge on any atom is 0.266 e. The summed E-state index contributed by atoms with van der Waals surface area (Å²) in [4.78, 5) is 10.2. The highest BCUT2D eigenvalue weighted by molar-refractivity contribution is 5.69. The van der Waals surface area contributed by atoms with Gasteiger partial charge in [-0.05, 0) is 25.1 Å². The van der Waals surface area contributed by atoms with Crippen molar-refractivity contribution in [2.24, 2.45) is 0 Å². The Morgan fingerprint density at radius 3 is 2.76 bits per heavy atom. The summed E-state index contributed by atoms with van der Waals surface area (Å²) >= 11 is 0. The van der Waals surface area contributed by atoms with Crippen molar-refractivity contribution in [1.29, 1.82) is 0 Å². The minimum absolute atomic E-state index is 0.423. The highest BCUT2D eigenvalue weighted by atomic mass is 16.5. The van der Waals surface area contributed by atoms with Crippen LogP contribution in [-0.4, -0.2) is 28.2 Å². The third-order valence-electron chi connectivity index (χ3n) is 2.54. The number of aromatic nitrogens is 3. The molecule has 0 aromatic carbocycles. The zero-order valence-corrected chi connectivity index (χ0v) is 9.92. The number of nitrogen functional groups attached to an aromatic ring is 1. The summed E-state index contributed by atoms with van der Waals surface area (Å²) in [6, 6.07) is 1.76. The molecule has 6 nitrogen and oxygen atoms in total. The van der Waals surface area contributed by atoms with E-state index in [0.717, 1.165) is 13.1 Å². The van der Waals surface area contributed by atoms with Gasteiger partial charge in [-0.3, -0.25) is 4.98 Å². The highest BCUT2D eigenvalue weighted by Gasteiger charge is 2.14. The molecule has 0 amide bonds. The summed E-state index contributed by atoms with van der Waals surface area (Å²) in [5.74, 6) is 1.01. The van der Waals surface area contributed by atoms with Crippen LogP contribution in [0.3, 0.4) is 0 Å². The van der Waals surface area contributed by atoms with Crippen LogP contribution >= 0.6 is 0 Å². The number of hydrogen-bond donors (Lipinski definition) is 1. The summed E-state index contributed by atoms with van der Waals surface area (Å²) in [7, 11) is 0. The maximum atomic E-state index is 5.80. The van der Waals surface area contributed by atoms with E-state index in [1.165, 1.54) is 0 Å². The number of anilines is 2. The third kappa shape index (κ3) is 2.20. The smallest absolute Gasteiger partial charge is 0.266 e. The van der Waals surface area contributed by atoms with Crippen molar-refractivity contribution < 1.29 is 4.52 Å². The van der Waals surface area contributed by atoms with E-state index in [-0.39, 0.29) is 0 Å². The van der Waals surface area contributed by atoms with Crippen molar-refractivity contribution in [3.05, 3.63) is 18.5 Å². The van der Waals surface area contributed by atoms with E-state index in [0.29, 0.717) is 23.1 Å². The van der Waals surface area contributed by atoms with Gasteiger partial charge in [0.1, 0.15) is 0 Å². The van der Waals surface area contributed by atoms with E-state index in [9.17, 15) is 0 Å². The lowest BCUT2D eigenvalue weighted by atomic mass is 10.2. The first-order valence-electron chi connectivity index (χ1n) is 5.54. The second-order valence-corrected chi connectivity index (χ2v) is 3.53. The molecule has 0 unspecified atom stereocenters. The average molecular weight is 233 g/mol. The molecule has 90 valence electrons. The van der Waals surface area contributed by atoms with E-state index in [1.54, 1.807) is 18.5 Å². The Morgan fingerprint density at radius 1 is 1.35 bits per heavy atom. The molecule has 2 N–H and O–H groups in total. The summed E-state index contributed by atoms with van der Waals surface area (Å²) in [6.07, 6.45) is 3.21. The fourth-order valence-electron chi connectivity index (χ4n) is 1.56. The van der Waals surface area contributed by atoms with E-state index in [2.05, 4.69) is 15.1 Å². The summed E-state index contributed by atoms with van der Waals surface area (Å²) in [5, 5.41) is 3.94. The molecule has 0 saturated carbocycles. The van der Waals surface area contributed by atoms with Crippen LogP contribution in [0.1, 0.15) is 13.8 Å². The molecule has 2 aromatic heterocycles. The number of nitrogens with zero attached hydrogens (tertiary/aromatic N) is 4. The average Bonchev–Trinajstić information content (AvgIpc) is 2.81. The fourth-order valence-corrected chi connectivity index (χ4v) is 1.56. The maximum absolute atomic E-state index is 5.80. The van der Waals surface area contributed by atoms with Gasteiger partial charge in [0.05, 0.1) is 17.4 Å². The van der Waals surface area contributed by atoms with Crippen LogP contribution in [0.15, 0.2) is 23.0 Å². The van der Waals surface area contributed by atoms with Gasteiger partial charge in [0, 0.05) is 19.3 Å². The van der Waals surface area contributed by atoms with E-state index < -0.39 is 0 Å². The molecule has 0 aliphatic heterocycles. The topological polar surface area (TPSA) is 81.1 Å². The van der Waals surface area contributed by atoms with E-state index >= 15 is 0 Å². The normalized spacial score (nSPS) is 10.5. The Balaban J connectivity index is 2.33. The molecular weight excluding hydrogens is 218 g/mol. The molecule has 2 aromatic rings. The Kier molecular flexibility index (Phi) is 3.22.